The Kier molecular flexibility index (Phi) is 11.5. The summed E-state index contributed by atoms with van der Waals surface area (Å²) in [6.45, 7) is 18.6. The molecule has 5 heterocycles. The van der Waals surface area contributed by atoms with Gasteiger partial charge in [0, 0.05) is 12.0 Å². The zero-order valence-corrected chi connectivity index (χ0v) is 32.5. The molecule has 264 valence electrons. The number of rotatable bonds is 9. The third kappa shape index (κ3) is 6.73. The first-order valence-electron chi connectivity index (χ1n) is 17.6. The van der Waals surface area contributed by atoms with Crippen molar-refractivity contribution in [2.75, 3.05) is 13.7 Å². The van der Waals surface area contributed by atoms with Crippen LogP contribution >= 0.6 is 0 Å². The Hall–Kier alpha value is -4.02. The standard InChI is InChI=1S/C41H47N4O5.Mg/c1-10-20(4)15-16-50-34(46)14-13-27-23(7)30-17-28-21(5)25(11-2)32(42-28)18-29-22(6)26(12-3)33(43-29)19-31-24(8)35-39(45-31)36(38(27)44-30)37(40(35)47)41(48)49-9;/h11,15,17-18,23,27,30,37H,2,10,12-14,16,19H2,1,3-9H3,(H-,44,45,47);/q-3;+2/p-1/b20-15+,28-17-,32-18-;/t23-,27-,30?,37+;/m0./s1. The van der Waals surface area contributed by atoms with Crippen LogP contribution in [0.3, 0.4) is 0 Å². The number of esters is 2. The summed E-state index contributed by atoms with van der Waals surface area (Å²) in [5.41, 5.74) is 10.6. The van der Waals surface area contributed by atoms with Gasteiger partial charge in [0.05, 0.1) is 7.11 Å². The van der Waals surface area contributed by atoms with Gasteiger partial charge in [-0.1, -0.05) is 78.9 Å². The molecule has 1 unspecified atom stereocenters. The SMILES string of the molecule is C=Cc1c(C)/c2[n-]/c1=C\c1[n-]c(c(CC)c1C)Cc1[n-]c3c(c1C)C(=O)[C@H](C(=O)OC)/C3=C1/[N-]C(\C=2)[C@@H](C)[C@@H]1CCC(=O)OC/C=C(\C)CC.[Mg+2]. The van der Waals surface area contributed by atoms with Crippen LogP contribution in [0, 0.1) is 38.5 Å². The molecule has 0 radical (unpaired) electrons. The summed E-state index contributed by atoms with van der Waals surface area (Å²) in [7, 11) is 1.29. The van der Waals surface area contributed by atoms with Crippen molar-refractivity contribution in [2.24, 2.45) is 17.8 Å². The molecule has 3 aliphatic rings. The fourth-order valence-electron chi connectivity index (χ4n) is 7.78. The van der Waals surface area contributed by atoms with Gasteiger partial charge in [-0.15, -0.1) is 28.2 Å². The summed E-state index contributed by atoms with van der Waals surface area (Å²) >= 11 is 0. The number of aromatic nitrogens is 3. The second-order valence-electron chi connectivity index (χ2n) is 13.8. The predicted octanol–water partition coefficient (Wildman–Crippen LogP) is 4.91. The van der Waals surface area contributed by atoms with Crippen LogP contribution in [0.5, 0.6) is 0 Å². The Balaban J connectivity index is 0.00000504. The molecule has 51 heavy (non-hydrogen) atoms. The van der Waals surface area contributed by atoms with Crippen LogP contribution in [0.25, 0.3) is 29.1 Å². The minimum absolute atomic E-state index is 0. The average Bonchev–Trinajstić information content (AvgIpc) is 3.84. The Morgan fingerprint density at radius 3 is 2.45 bits per heavy atom. The van der Waals surface area contributed by atoms with Crippen LogP contribution < -0.4 is 25.7 Å². The van der Waals surface area contributed by atoms with Gasteiger partial charge in [0.1, 0.15) is 12.5 Å². The van der Waals surface area contributed by atoms with E-state index in [-0.39, 0.29) is 65.7 Å². The number of Topliss-reactive ketones (excluding diaryl/α,β-unsaturated/α-hetero) is 1. The Bertz CT molecular complexity index is 2090. The summed E-state index contributed by atoms with van der Waals surface area (Å²) in [5, 5.41) is 6.85. The topological polar surface area (TPSA) is 126 Å². The number of fused-ring (bicyclic) bond motifs is 7. The molecule has 0 spiro atoms. The Morgan fingerprint density at radius 2 is 1.78 bits per heavy atom. The van der Waals surface area contributed by atoms with Crippen molar-refractivity contribution in [3.8, 4) is 0 Å². The maximum Gasteiger partial charge on any atom is 2.00 e. The van der Waals surface area contributed by atoms with E-state index >= 15 is 0 Å². The average molecular weight is 699 g/mol. The van der Waals surface area contributed by atoms with Gasteiger partial charge in [0.25, 0.3) is 0 Å². The first-order chi connectivity index (χ1) is 23.9. The fraction of sp³-hybridized carbons (Fsp3) is 0.439. The van der Waals surface area contributed by atoms with Gasteiger partial charge in [-0.05, 0) is 76.9 Å². The smallest absolute Gasteiger partial charge is 0.681 e. The summed E-state index contributed by atoms with van der Waals surface area (Å²) < 4.78 is 10.8. The van der Waals surface area contributed by atoms with Gasteiger partial charge in [-0.25, -0.2) is 0 Å². The van der Waals surface area contributed by atoms with Crippen LogP contribution in [-0.2, 0) is 31.9 Å². The zero-order valence-electron chi connectivity index (χ0n) is 31.1. The minimum atomic E-state index is -1.19. The quantitative estimate of drug-likeness (QED) is 0.134. The molecule has 0 saturated carbocycles. The van der Waals surface area contributed by atoms with Crippen LogP contribution in [0.4, 0.5) is 0 Å². The van der Waals surface area contributed by atoms with E-state index in [1.165, 1.54) is 7.11 Å². The zero-order chi connectivity index (χ0) is 36.0. The fourth-order valence-corrected chi connectivity index (χ4v) is 7.78. The molecule has 0 N–H and O–H groups in total. The number of methoxy groups -OCH3 is 1. The molecular formula is C41H46MgN4O5-2. The molecule has 8 bridgehead atoms. The maximum atomic E-state index is 14.2. The molecule has 0 aromatic carbocycles. The molecule has 9 nitrogen and oxygen atoms in total. The molecule has 4 atom stereocenters. The number of carbonyl (C=O) groups excluding carboxylic acids is 3. The summed E-state index contributed by atoms with van der Waals surface area (Å²) in [4.78, 5) is 55.8. The van der Waals surface area contributed by atoms with Crippen molar-refractivity contribution >= 4 is 64.6 Å². The monoisotopic (exact) mass is 698 g/mol. The van der Waals surface area contributed by atoms with Crippen LogP contribution in [0.15, 0.2) is 23.9 Å². The second kappa shape index (κ2) is 15.3. The number of allylic oxidation sites excluding steroid dienone is 2. The molecule has 1 aliphatic carbocycles. The summed E-state index contributed by atoms with van der Waals surface area (Å²) in [6.07, 6.45) is 10.5. The van der Waals surface area contributed by atoms with E-state index in [4.69, 9.17) is 29.7 Å². The molecule has 3 aromatic rings. The second-order valence-corrected chi connectivity index (χ2v) is 13.8. The number of ether oxygens (including phenoxy) is 2. The van der Waals surface area contributed by atoms with E-state index in [1.807, 2.05) is 39.0 Å². The Labute approximate surface area is 316 Å². The van der Waals surface area contributed by atoms with Crippen LogP contribution in [0.2, 0.25) is 0 Å². The number of hydrogen-bond donors (Lipinski definition) is 0. The van der Waals surface area contributed by atoms with Gasteiger partial charge in [-0.2, -0.15) is 17.1 Å². The predicted molar refractivity (Wildman–Crippen MR) is 200 cm³/mol. The van der Waals surface area contributed by atoms with Crippen molar-refractivity contribution in [3.63, 3.8) is 0 Å². The van der Waals surface area contributed by atoms with E-state index in [0.29, 0.717) is 35.4 Å². The molecule has 0 amide bonds. The minimum Gasteiger partial charge on any atom is -0.681 e. The molecule has 6 rings (SSSR count). The first-order valence-corrected chi connectivity index (χ1v) is 17.6. The van der Waals surface area contributed by atoms with E-state index in [2.05, 4.69) is 40.3 Å². The van der Waals surface area contributed by atoms with Crippen LogP contribution in [-0.4, -0.2) is 60.5 Å². The molecular weight excluding hydrogens is 653 g/mol. The third-order valence-corrected chi connectivity index (χ3v) is 11.0. The van der Waals surface area contributed by atoms with E-state index in [1.54, 1.807) is 0 Å². The normalized spacial score (nSPS) is 23.5. The summed E-state index contributed by atoms with van der Waals surface area (Å²) in [6, 6.07) is -0.342. The van der Waals surface area contributed by atoms with Crippen molar-refractivity contribution in [1.82, 2.24) is 15.0 Å². The largest absolute Gasteiger partial charge is 2.00 e. The number of carbonyl (C=O) groups is 3. The summed E-state index contributed by atoms with van der Waals surface area (Å²) in [5.74, 6) is -2.81. The molecule has 3 aromatic heterocycles. The van der Waals surface area contributed by atoms with E-state index < -0.39 is 11.9 Å². The van der Waals surface area contributed by atoms with Gasteiger partial charge in [0.15, 0.2) is 5.78 Å². The number of ketones is 1. The van der Waals surface area contributed by atoms with E-state index in [9.17, 15) is 14.4 Å². The van der Waals surface area contributed by atoms with Crippen molar-refractivity contribution in [3.05, 3.63) is 96.1 Å². The maximum absolute atomic E-state index is 14.2. The molecule has 2 aliphatic heterocycles. The molecule has 1 fully saturated rings. The van der Waals surface area contributed by atoms with Gasteiger partial charge in [-0.3, -0.25) is 14.4 Å². The number of hydrogen-bond acceptors (Lipinski definition) is 5. The Morgan fingerprint density at radius 1 is 1.04 bits per heavy atom. The van der Waals surface area contributed by atoms with E-state index in [0.717, 1.165) is 74.0 Å². The van der Waals surface area contributed by atoms with Crippen LogP contribution in [0.1, 0.15) is 108 Å². The molecule has 10 heteroatoms. The number of nitrogens with zero attached hydrogens (tertiary/aromatic N) is 4. The van der Waals surface area contributed by atoms with Crippen molar-refractivity contribution in [2.45, 2.75) is 86.6 Å². The van der Waals surface area contributed by atoms with Gasteiger partial charge < -0.3 is 29.7 Å². The first kappa shape index (κ1) is 38.2. The van der Waals surface area contributed by atoms with Gasteiger partial charge >= 0.3 is 35.0 Å². The van der Waals surface area contributed by atoms with Crippen molar-refractivity contribution in [1.29, 1.82) is 0 Å². The van der Waals surface area contributed by atoms with Crippen molar-refractivity contribution < 1.29 is 23.9 Å². The third-order valence-electron chi connectivity index (χ3n) is 11.0. The molecule has 1 saturated heterocycles. The van der Waals surface area contributed by atoms with Gasteiger partial charge in [0.2, 0.25) is 0 Å².